The SMILES string of the molecule is COc1ccc(P(c2ccccc2)c2ccccc2)c(CN2CCC[C@H]2CP(c2ccccc2)c2ccccc2)c1. The summed E-state index contributed by atoms with van der Waals surface area (Å²) in [6.45, 7) is 2.09. The topological polar surface area (TPSA) is 12.5 Å². The van der Waals surface area contributed by atoms with Crippen LogP contribution in [0.1, 0.15) is 18.4 Å². The summed E-state index contributed by atoms with van der Waals surface area (Å²) in [4.78, 5) is 2.75. The third-order valence-corrected chi connectivity index (χ3v) is 13.1. The summed E-state index contributed by atoms with van der Waals surface area (Å²) in [6.07, 6.45) is 3.70. The maximum Gasteiger partial charge on any atom is 0.119 e. The Bertz CT molecular complexity index is 1430. The zero-order valence-corrected chi connectivity index (χ0v) is 25.4. The van der Waals surface area contributed by atoms with Crippen LogP contribution in [-0.4, -0.2) is 30.8 Å². The molecule has 0 saturated carbocycles. The summed E-state index contributed by atoms with van der Waals surface area (Å²) < 4.78 is 5.76. The zero-order valence-electron chi connectivity index (χ0n) is 23.6. The summed E-state index contributed by atoms with van der Waals surface area (Å²) in [5.41, 5.74) is 1.39. The van der Waals surface area contributed by atoms with E-state index >= 15 is 0 Å². The molecule has 0 aromatic heterocycles. The summed E-state index contributed by atoms with van der Waals surface area (Å²) in [7, 11) is 0.666. The lowest BCUT2D eigenvalue weighted by atomic mass is 10.2. The largest absolute Gasteiger partial charge is 0.497 e. The minimum atomic E-state index is -0.686. The third-order valence-electron chi connectivity index (χ3n) is 7.96. The van der Waals surface area contributed by atoms with Gasteiger partial charge in [0, 0.05) is 12.6 Å². The minimum absolute atomic E-state index is 0.427. The van der Waals surface area contributed by atoms with Crippen LogP contribution in [-0.2, 0) is 6.54 Å². The van der Waals surface area contributed by atoms with Crippen LogP contribution in [0.3, 0.4) is 0 Å². The van der Waals surface area contributed by atoms with E-state index in [0.717, 1.165) is 18.8 Å². The van der Waals surface area contributed by atoms with Crippen LogP contribution in [0, 0.1) is 0 Å². The van der Waals surface area contributed by atoms with Gasteiger partial charge in [0.15, 0.2) is 0 Å². The number of likely N-dealkylation sites (tertiary alicyclic amines) is 1. The first kappa shape index (κ1) is 27.9. The van der Waals surface area contributed by atoms with Crippen molar-refractivity contribution in [3.8, 4) is 5.75 Å². The molecule has 6 rings (SSSR count). The molecule has 2 nitrogen and oxygen atoms in total. The molecule has 1 fully saturated rings. The van der Waals surface area contributed by atoms with E-state index in [4.69, 9.17) is 4.74 Å². The molecule has 0 bridgehead atoms. The average molecular weight is 574 g/mol. The molecular weight excluding hydrogens is 536 g/mol. The standard InChI is InChI=1S/C37H37NOP2/c1-39-32-24-25-37(41(35-20-10-4-11-21-35)36-22-12-5-13-23-36)30(27-32)28-38-26-14-15-31(38)29-40(33-16-6-2-7-17-33)34-18-8-3-9-19-34/h2-13,16-25,27,31H,14-15,26,28-29H2,1H3/t31-/m0/s1. The summed E-state index contributed by atoms with van der Waals surface area (Å²) >= 11 is 0. The lowest BCUT2D eigenvalue weighted by Crippen LogP contribution is -2.35. The number of hydrogen-bond donors (Lipinski definition) is 0. The Morgan fingerprint density at radius 1 is 0.659 bits per heavy atom. The van der Waals surface area contributed by atoms with Crippen LogP contribution in [0.15, 0.2) is 140 Å². The Morgan fingerprint density at radius 2 is 1.17 bits per heavy atom. The van der Waals surface area contributed by atoms with Crippen molar-refractivity contribution in [1.82, 2.24) is 4.90 Å². The van der Waals surface area contributed by atoms with Gasteiger partial charge in [-0.3, -0.25) is 4.90 Å². The number of nitrogens with zero attached hydrogens (tertiary/aromatic N) is 1. The normalized spacial score (nSPS) is 15.4. The van der Waals surface area contributed by atoms with Crippen molar-refractivity contribution in [3.05, 3.63) is 145 Å². The number of hydrogen-bond acceptors (Lipinski definition) is 2. The van der Waals surface area contributed by atoms with Crippen LogP contribution in [0.2, 0.25) is 0 Å². The number of rotatable bonds is 10. The molecular formula is C37H37NOP2. The first-order valence-electron chi connectivity index (χ1n) is 14.5. The van der Waals surface area contributed by atoms with E-state index in [0.29, 0.717) is 6.04 Å². The highest BCUT2D eigenvalue weighted by molar-refractivity contribution is 7.80. The Morgan fingerprint density at radius 3 is 1.68 bits per heavy atom. The minimum Gasteiger partial charge on any atom is -0.497 e. The van der Waals surface area contributed by atoms with Crippen LogP contribution >= 0.6 is 15.8 Å². The van der Waals surface area contributed by atoms with Gasteiger partial charge in [0.2, 0.25) is 0 Å². The fourth-order valence-corrected chi connectivity index (χ4v) is 11.0. The second-order valence-corrected chi connectivity index (χ2v) is 15.0. The molecule has 206 valence electrons. The van der Waals surface area contributed by atoms with E-state index < -0.39 is 15.8 Å². The molecule has 41 heavy (non-hydrogen) atoms. The second-order valence-electron chi connectivity index (χ2n) is 10.5. The number of ether oxygens (including phenoxy) is 1. The van der Waals surface area contributed by atoms with Gasteiger partial charge in [-0.2, -0.15) is 0 Å². The van der Waals surface area contributed by atoms with Gasteiger partial charge in [-0.25, -0.2) is 0 Å². The van der Waals surface area contributed by atoms with Crippen LogP contribution < -0.4 is 31.3 Å². The highest BCUT2D eigenvalue weighted by atomic mass is 31.1. The van der Waals surface area contributed by atoms with Gasteiger partial charge in [0.1, 0.15) is 5.75 Å². The van der Waals surface area contributed by atoms with Crippen LogP contribution in [0.5, 0.6) is 5.75 Å². The molecule has 4 heteroatoms. The van der Waals surface area contributed by atoms with Gasteiger partial charge in [0.05, 0.1) is 7.11 Å². The van der Waals surface area contributed by atoms with Crippen LogP contribution in [0.25, 0.3) is 0 Å². The lowest BCUT2D eigenvalue weighted by molar-refractivity contribution is 0.263. The van der Waals surface area contributed by atoms with Crippen molar-refractivity contribution in [2.45, 2.75) is 25.4 Å². The Balaban J connectivity index is 1.34. The van der Waals surface area contributed by atoms with E-state index in [1.54, 1.807) is 7.11 Å². The molecule has 1 aliphatic heterocycles. The van der Waals surface area contributed by atoms with Crippen LogP contribution in [0.4, 0.5) is 0 Å². The van der Waals surface area contributed by atoms with Gasteiger partial charge >= 0.3 is 0 Å². The monoisotopic (exact) mass is 573 g/mol. The summed E-state index contributed by atoms with van der Waals surface area (Å²) in [5, 5.41) is 7.14. The van der Waals surface area contributed by atoms with Gasteiger partial charge in [-0.05, 0) is 91.7 Å². The van der Waals surface area contributed by atoms with Crippen molar-refractivity contribution in [3.63, 3.8) is 0 Å². The summed E-state index contributed by atoms with van der Waals surface area (Å²) in [6, 6.07) is 51.7. The summed E-state index contributed by atoms with van der Waals surface area (Å²) in [5.74, 6) is 0.936. The molecule has 5 aromatic carbocycles. The number of benzene rings is 5. The molecule has 0 spiro atoms. The second kappa shape index (κ2) is 13.6. The van der Waals surface area contributed by atoms with Crippen molar-refractivity contribution in [2.24, 2.45) is 0 Å². The molecule has 1 atom stereocenters. The Kier molecular flexibility index (Phi) is 9.24. The quantitative estimate of drug-likeness (QED) is 0.176. The maximum absolute atomic E-state index is 5.76. The predicted octanol–water partition coefficient (Wildman–Crippen LogP) is 6.55. The lowest BCUT2D eigenvalue weighted by Gasteiger charge is -2.31. The molecule has 1 aliphatic rings. The van der Waals surface area contributed by atoms with Crippen molar-refractivity contribution in [2.75, 3.05) is 19.8 Å². The van der Waals surface area contributed by atoms with Gasteiger partial charge in [-0.1, -0.05) is 121 Å². The van der Waals surface area contributed by atoms with Gasteiger partial charge in [-0.15, -0.1) is 0 Å². The van der Waals surface area contributed by atoms with E-state index in [1.807, 2.05) is 0 Å². The fourth-order valence-electron chi connectivity index (χ4n) is 5.93. The highest BCUT2D eigenvalue weighted by Crippen LogP contribution is 2.39. The molecule has 5 aromatic rings. The highest BCUT2D eigenvalue weighted by Gasteiger charge is 2.30. The van der Waals surface area contributed by atoms with Gasteiger partial charge in [0.25, 0.3) is 0 Å². The first-order valence-corrected chi connectivity index (χ1v) is 17.4. The average Bonchev–Trinajstić information content (AvgIpc) is 3.49. The Hall–Kier alpha value is -3.28. The molecule has 0 unspecified atom stereocenters. The van der Waals surface area contributed by atoms with Gasteiger partial charge < -0.3 is 4.74 Å². The van der Waals surface area contributed by atoms with Crippen molar-refractivity contribution in [1.29, 1.82) is 0 Å². The van der Waals surface area contributed by atoms with E-state index in [1.165, 1.54) is 51.1 Å². The Labute approximate surface area is 247 Å². The predicted molar refractivity (Wildman–Crippen MR) is 179 cm³/mol. The van der Waals surface area contributed by atoms with Crippen molar-refractivity contribution >= 4 is 42.4 Å². The number of methoxy groups -OCH3 is 1. The first-order chi connectivity index (χ1) is 20.3. The molecule has 0 aliphatic carbocycles. The van der Waals surface area contributed by atoms with E-state index in [-0.39, 0.29) is 0 Å². The smallest absolute Gasteiger partial charge is 0.119 e. The molecule has 1 heterocycles. The van der Waals surface area contributed by atoms with E-state index in [2.05, 4.69) is 144 Å². The molecule has 1 saturated heterocycles. The maximum atomic E-state index is 5.76. The fraction of sp³-hybridized carbons (Fsp3) is 0.189. The molecule has 0 N–H and O–H groups in total. The molecule has 0 amide bonds. The molecule has 0 radical (unpaired) electrons. The third kappa shape index (κ3) is 6.63. The van der Waals surface area contributed by atoms with Crippen molar-refractivity contribution < 1.29 is 4.74 Å². The zero-order chi connectivity index (χ0) is 27.9. The van der Waals surface area contributed by atoms with E-state index in [9.17, 15) is 0 Å².